The van der Waals surface area contributed by atoms with Crippen LogP contribution in [0.1, 0.15) is 44.5 Å². The molecule has 0 aliphatic heterocycles. The molecule has 5 nitrogen and oxygen atoms in total. The summed E-state index contributed by atoms with van der Waals surface area (Å²) in [6, 6.07) is 14.3. The maximum absolute atomic E-state index is 12.7. The van der Waals surface area contributed by atoms with Gasteiger partial charge in [-0.1, -0.05) is 19.1 Å². The molecule has 0 aliphatic rings. The maximum atomic E-state index is 12.7. The molecule has 0 radical (unpaired) electrons. The summed E-state index contributed by atoms with van der Waals surface area (Å²) in [4.78, 5) is 15.0. The van der Waals surface area contributed by atoms with Crippen molar-refractivity contribution in [1.29, 1.82) is 0 Å². The van der Waals surface area contributed by atoms with Crippen LogP contribution in [0.2, 0.25) is 0 Å². The van der Waals surface area contributed by atoms with Crippen LogP contribution in [-0.2, 0) is 9.84 Å². The lowest BCUT2D eigenvalue weighted by Gasteiger charge is -2.27. The normalized spacial score (nSPS) is 11.4. The fraction of sp³-hybridized carbons (Fsp3) is 0.381. The molecular weight excluding hydrogens is 360 g/mol. The largest absolute Gasteiger partial charge is 0.369 e. The van der Waals surface area contributed by atoms with Crippen molar-refractivity contribution in [3.05, 3.63) is 54.1 Å². The summed E-state index contributed by atoms with van der Waals surface area (Å²) in [5.41, 5.74) is 1.88. The van der Waals surface area contributed by atoms with Gasteiger partial charge in [-0.15, -0.1) is 0 Å². The minimum absolute atomic E-state index is 0.0219. The first-order valence-corrected chi connectivity index (χ1v) is 10.9. The second-order valence-electron chi connectivity index (χ2n) is 6.70. The second kappa shape index (κ2) is 9.04. The third-order valence-electron chi connectivity index (χ3n) is 4.36. The van der Waals surface area contributed by atoms with E-state index >= 15 is 0 Å². The Morgan fingerprint density at radius 1 is 1.04 bits per heavy atom. The molecule has 0 saturated carbocycles. The molecule has 0 bridgehead atoms. The Morgan fingerprint density at radius 2 is 1.67 bits per heavy atom. The average molecular weight is 389 g/mol. The van der Waals surface area contributed by atoms with Crippen molar-refractivity contribution in [2.24, 2.45) is 0 Å². The van der Waals surface area contributed by atoms with Gasteiger partial charge in [-0.05, 0) is 63.6 Å². The molecule has 0 heterocycles. The van der Waals surface area contributed by atoms with E-state index in [-0.39, 0.29) is 16.2 Å². The third-order valence-corrected chi connectivity index (χ3v) is 6.33. The van der Waals surface area contributed by atoms with E-state index in [4.69, 9.17) is 0 Å². The summed E-state index contributed by atoms with van der Waals surface area (Å²) in [6.45, 7) is 9.06. The molecule has 0 aromatic heterocycles. The molecule has 0 saturated heterocycles. The van der Waals surface area contributed by atoms with Gasteiger partial charge in [0.1, 0.15) is 0 Å². The van der Waals surface area contributed by atoms with Crippen LogP contribution in [0.15, 0.2) is 53.4 Å². The zero-order valence-electron chi connectivity index (χ0n) is 16.4. The van der Waals surface area contributed by atoms with Crippen LogP contribution < -0.4 is 10.2 Å². The Bertz CT molecular complexity index is 875. The Kier molecular flexibility index (Phi) is 7.02. The van der Waals surface area contributed by atoms with Crippen molar-refractivity contribution in [2.45, 2.75) is 45.1 Å². The van der Waals surface area contributed by atoms with Crippen LogP contribution in [-0.4, -0.2) is 32.7 Å². The number of nitrogens with one attached hydrogen (secondary N) is 1. The molecule has 0 atom stereocenters. The number of benzene rings is 2. The Morgan fingerprint density at radius 3 is 2.22 bits per heavy atom. The van der Waals surface area contributed by atoms with Gasteiger partial charge in [-0.25, -0.2) is 8.42 Å². The predicted molar refractivity (Wildman–Crippen MR) is 111 cm³/mol. The van der Waals surface area contributed by atoms with Gasteiger partial charge in [0, 0.05) is 24.0 Å². The van der Waals surface area contributed by atoms with Gasteiger partial charge in [0.05, 0.1) is 16.2 Å². The van der Waals surface area contributed by atoms with Gasteiger partial charge in [0.25, 0.3) is 5.91 Å². The van der Waals surface area contributed by atoms with Crippen LogP contribution in [0.3, 0.4) is 0 Å². The number of anilines is 2. The van der Waals surface area contributed by atoms with Crippen molar-refractivity contribution >= 4 is 27.1 Å². The first-order chi connectivity index (χ1) is 12.8. The molecule has 0 aliphatic carbocycles. The molecular formula is C21H28N2O3S. The molecule has 146 valence electrons. The number of nitrogens with zero attached hydrogens (tertiary/aromatic N) is 1. The molecule has 0 spiro atoms. The quantitative estimate of drug-likeness (QED) is 0.730. The summed E-state index contributed by atoms with van der Waals surface area (Å²) in [5.74, 6) is -0.400. The fourth-order valence-corrected chi connectivity index (χ4v) is 4.62. The first-order valence-electron chi connectivity index (χ1n) is 9.30. The number of rotatable bonds is 8. The minimum atomic E-state index is -3.48. The lowest BCUT2D eigenvalue weighted by Crippen LogP contribution is -2.30. The van der Waals surface area contributed by atoms with Crippen LogP contribution >= 0.6 is 0 Å². The number of carbonyl (C=O) groups is 1. The lowest BCUT2D eigenvalue weighted by atomic mass is 10.2. The Labute approximate surface area is 162 Å². The Hall–Kier alpha value is -2.34. The van der Waals surface area contributed by atoms with Gasteiger partial charge in [-0.2, -0.15) is 0 Å². The van der Waals surface area contributed by atoms with Crippen molar-refractivity contribution in [3.63, 3.8) is 0 Å². The predicted octanol–water partition coefficient (Wildman–Crippen LogP) is 4.36. The molecule has 1 N–H and O–H groups in total. The summed E-state index contributed by atoms with van der Waals surface area (Å²) in [7, 11) is -3.48. The molecule has 27 heavy (non-hydrogen) atoms. The standard InChI is InChI=1S/C21H28N2O3S/c1-5-15-27(25,26)20-10-8-7-9-19(20)21(24)22-17-11-13-18(14-12-17)23(6-2)16(3)4/h7-14,16H,5-6,15H2,1-4H3,(H,22,24). The highest BCUT2D eigenvalue weighted by atomic mass is 32.2. The summed E-state index contributed by atoms with van der Waals surface area (Å²) >= 11 is 0. The molecule has 2 aromatic carbocycles. The van der Waals surface area contributed by atoms with Crippen LogP contribution in [0.5, 0.6) is 0 Å². The van der Waals surface area contributed by atoms with E-state index in [1.165, 1.54) is 6.07 Å². The summed E-state index contributed by atoms with van der Waals surface area (Å²) in [5, 5.41) is 2.80. The van der Waals surface area contributed by atoms with Gasteiger partial charge in [0.2, 0.25) is 0 Å². The van der Waals surface area contributed by atoms with Crippen LogP contribution in [0.4, 0.5) is 11.4 Å². The van der Waals surface area contributed by atoms with Gasteiger partial charge < -0.3 is 10.2 Å². The molecule has 6 heteroatoms. The molecule has 0 fully saturated rings. The SMILES string of the molecule is CCCS(=O)(=O)c1ccccc1C(=O)Nc1ccc(N(CC)C(C)C)cc1. The van der Waals surface area contributed by atoms with E-state index in [1.807, 2.05) is 24.3 Å². The zero-order valence-corrected chi connectivity index (χ0v) is 17.2. The molecule has 2 rings (SSSR count). The van der Waals surface area contributed by atoms with Crippen molar-refractivity contribution < 1.29 is 13.2 Å². The van der Waals surface area contributed by atoms with Gasteiger partial charge >= 0.3 is 0 Å². The molecule has 1 amide bonds. The maximum Gasteiger partial charge on any atom is 0.256 e. The summed E-state index contributed by atoms with van der Waals surface area (Å²) in [6.07, 6.45) is 0.504. The summed E-state index contributed by atoms with van der Waals surface area (Å²) < 4.78 is 24.9. The number of amides is 1. The highest BCUT2D eigenvalue weighted by Gasteiger charge is 2.21. The Balaban J connectivity index is 2.24. The molecule has 2 aromatic rings. The number of carbonyl (C=O) groups excluding carboxylic acids is 1. The van der Waals surface area contributed by atoms with E-state index < -0.39 is 15.7 Å². The van der Waals surface area contributed by atoms with Crippen LogP contribution in [0.25, 0.3) is 0 Å². The van der Waals surface area contributed by atoms with Crippen molar-refractivity contribution in [3.8, 4) is 0 Å². The highest BCUT2D eigenvalue weighted by molar-refractivity contribution is 7.91. The smallest absolute Gasteiger partial charge is 0.256 e. The average Bonchev–Trinajstić information content (AvgIpc) is 2.63. The van der Waals surface area contributed by atoms with E-state index in [1.54, 1.807) is 25.1 Å². The van der Waals surface area contributed by atoms with E-state index in [9.17, 15) is 13.2 Å². The number of sulfone groups is 1. The van der Waals surface area contributed by atoms with Crippen LogP contribution in [0, 0.1) is 0 Å². The van der Waals surface area contributed by atoms with E-state index in [2.05, 4.69) is 31.0 Å². The van der Waals surface area contributed by atoms with E-state index in [0.717, 1.165) is 12.2 Å². The third kappa shape index (κ3) is 5.10. The first kappa shape index (κ1) is 21.0. The minimum Gasteiger partial charge on any atom is -0.369 e. The van der Waals surface area contributed by atoms with Gasteiger partial charge in [-0.3, -0.25) is 4.79 Å². The monoisotopic (exact) mass is 388 g/mol. The second-order valence-corrected chi connectivity index (χ2v) is 8.77. The number of hydrogen-bond donors (Lipinski definition) is 1. The topological polar surface area (TPSA) is 66.5 Å². The number of hydrogen-bond acceptors (Lipinski definition) is 4. The molecule has 0 unspecified atom stereocenters. The van der Waals surface area contributed by atoms with Gasteiger partial charge in [0.15, 0.2) is 9.84 Å². The van der Waals surface area contributed by atoms with E-state index in [0.29, 0.717) is 18.2 Å². The van der Waals surface area contributed by atoms with Crippen molar-refractivity contribution in [1.82, 2.24) is 0 Å². The van der Waals surface area contributed by atoms with Crippen molar-refractivity contribution in [2.75, 3.05) is 22.5 Å². The lowest BCUT2D eigenvalue weighted by molar-refractivity contribution is 0.102. The zero-order chi connectivity index (χ0) is 20.0. The highest BCUT2D eigenvalue weighted by Crippen LogP contribution is 2.22. The fourth-order valence-electron chi connectivity index (χ4n) is 3.08.